The van der Waals surface area contributed by atoms with Gasteiger partial charge >= 0.3 is 12.4 Å². The van der Waals surface area contributed by atoms with Gasteiger partial charge in [0.05, 0.1) is 12.4 Å². The lowest BCUT2D eigenvalue weighted by molar-refractivity contribution is -0.376. The highest BCUT2D eigenvalue weighted by molar-refractivity contribution is 5.55. The van der Waals surface area contributed by atoms with E-state index in [0.717, 1.165) is 6.20 Å². The van der Waals surface area contributed by atoms with Gasteiger partial charge in [0.2, 0.25) is 0 Å². The molecule has 0 unspecified atom stereocenters. The first-order chi connectivity index (χ1) is 11.0. The number of nitrogens with one attached hydrogen (secondary N) is 1. The fraction of sp³-hybridized carbons (Fsp3) is 0.333. The molecule has 0 spiro atoms. The second-order valence-electron chi connectivity index (χ2n) is 4.24. The van der Waals surface area contributed by atoms with Crippen molar-refractivity contribution in [3.63, 3.8) is 0 Å². The Hall–Kier alpha value is -2.50. The summed E-state index contributed by atoms with van der Waals surface area (Å²) in [5, 5.41) is 17.9. The molecule has 0 saturated heterocycles. The van der Waals surface area contributed by atoms with Crippen LogP contribution in [-0.2, 0) is 5.60 Å². The van der Waals surface area contributed by atoms with Gasteiger partial charge in [-0.05, 0) is 19.7 Å². The molecule has 0 amide bonds. The number of aromatic nitrogens is 2. The summed E-state index contributed by atoms with van der Waals surface area (Å²) in [5.74, 6) is -0.633. The zero-order chi connectivity index (χ0) is 18.6. The molecule has 1 rings (SSSR count). The Morgan fingerprint density at radius 1 is 1.25 bits per heavy atom. The first-order valence-corrected chi connectivity index (χ1v) is 6.08. The van der Waals surface area contributed by atoms with Gasteiger partial charge in [-0.2, -0.15) is 31.4 Å². The lowest BCUT2D eigenvalue weighted by Crippen LogP contribution is -2.54. The predicted molar refractivity (Wildman–Crippen MR) is 73.5 cm³/mol. The maximum Gasteiger partial charge on any atom is 0.430 e. The zero-order valence-electron chi connectivity index (χ0n) is 12.0. The topological polar surface area (TPSA) is 82.8 Å². The van der Waals surface area contributed by atoms with Crippen molar-refractivity contribution in [3.8, 4) is 0 Å². The molecule has 0 aliphatic rings. The van der Waals surface area contributed by atoms with Crippen molar-refractivity contribution < 1.29 is 31.4 Å². The van der Waals surface area contributed by atoms with Crippen LogP contribution in [0.25, 0.3) is 0 Å². The van der Waals surface area contributed by atoms with Crippen LogP contribution < -0.4 is 5.32 Å². The van der Waals surface area contributed by atoms with Crippen LogP contribution in [0.15, 0.2) is 34.3 Å². The summed E-state index contributed by atoms with van der Waals surface area (Å²) in [7, 11) is 0. The number of nitrogens with zero attached hydrogens (tertiary/aromatic N) is 4. The van der Waals surface area contributed by atoms with Crippen LogP contribution in [0.4, 0.5) is 32.2 Å². The maximum absolute atomic E-state index is 12.8. The molecule has 0 fully saturated rings. The van der Waals surface area contributed by atoms with Crippen molar-refractivity contribution in [3.05, 3.63) is 29.8 Å². The summed E-state index contributed by atoms with van der Waals surface area (Å²) in [4.78, 5) is 7.07. The lowest BCUT2D eigenvalue weighted by Gasteiger charge is -2.32. The second kappa shape index (κ2) is 6.95. The van der Waals surface area contributed by atoms with Crippen LogP contribution in [0.3, 0.4) is 0 Å². The third-order valence-electron chi connectivity index (χ3n) is 2.67. The SMILES string of the molecule is C=N/C(=C\N=CC)Nc1cc(C(O)(C(F)(F)F)C(F)(F)F)cnn1. The minimum absolute atomic E-state index is 0.109. The summed E-state index contributed by atoms with van der Waals surface area (Å²) in [6.45, 7) is 4.71. The van der Waals surface area contributed by atoms with Crippen LogP contribution >= 0.6 is 0 Å². The van der Waals surface area contributed by atoms with E-state index in [9.17, 15) is 31.4 Å². The van der Waals surface area contributed by atoms with Gasteiger partial charge in [0.25, 0.3) is 5.60 Å². The van der Waals surface area contributed by atoms with Gasteiger partial charge < -0.3 is 10.4 Å². The first kappa shape index (κ1) is 19.5. The highest BCUT2D eigenvalue weighted by atomic mass is 19.4. The largest absolute Gasteiger partial charge is 0.430 e. The molecular weight excluding hydrogens is 344 g/mol. The number of hydrogen-bond acceptors (Lipinski definition) is 6. The van der Waals surface area contributed by atoms with E-state index in [1.54, 1.807) is 6.92 Å². The van der Waals surface area contributed by atoms with Crippen LogP contribution in [0.2, 0.25) is 0 Å². The van der Waals surface area contributed by atoms with Gasteiger partial charge in [-0.25, -0.2) is 4.99 Å². The van der Waals surface area contributed by atoms with Gasteiger partial charge in [-0.15, -0.1) is 5.10 Å². The Morgan fingerprint density at radius 2 is 1.83 bits per heavy atom. The van der Waals surface area contributed by atoms with E-state index in [4.69, 9.17) is 0 Å². The summed E-state index contributed by atoms with van der Waals surface area (Å²) in [5.41, 5.74) is -6.65. The van der Waals surface area contributed by atoms with Gasteiger partial charge in [-0.3, -0.25) is 4.99 Å². The Morgan fingerprint density at radius 3 is 2.29 bits per heavy atom. The number of alkyl halides is 6. The number of aliphatic imine (C=N–C) groups is 2. The summed E-state index contributed by atoms with van der Waals surface area (Å²) in [6, 6.07) is 0.350. The maximum atomic E-state index is 12.8. The summed E-state index contributed by atoms with van der Waals surface area (Å²) < 4.78 is 76.9. The number of halogens is 6. The standard InChI is InChI=1S/C12H11F6N5O/c1-3-20-6-9(19-2)22-8-4-7(5-21-23-8)10(24,11(13,14)15)12(16,17)18/h3-6,24H,2H2,1H3,(H,22,23)/b9-6+,20-3?. The molecule has 12 heteroatoms. The minimum Gasteiger partial charge on any atom is -0.369 e. The molecular formula is C12H11F6N5O. The Kier molecular flexibility index (Phi) is 5.66. The summed E-state index contributed by atoms with van der Waals surface area (Å²) >= 11 is 0. The predicted octanol–water partition coefficient (Wildman–Crippen LogP) is 2.79. The molecule has 0 radical (unpaired) electrons. The van der Waals surface area contributed by atoms with Crippen LogP contribution in [0, 0.1) is 0 Å². The van der Waals surface area contributed by atoms with Crippen molar-refractivity contribution in [2.75, 3.05) is 5.32 Å². The molecule has 0 aromatic carbocycles. The van der Waals surface area contributed by atoms with Gasteiger partial charge in [0, 0.05) is 11.8 Å². The molecule has 6 nitrogen and oxygen atoms in total. The van der Waals surface area contributed by atoms with Crippen LogP contribution in [0.5, 0.6) is 0 Å². The van der Waals surface area contributed by atoms with Gasteiger partial charge in [0.15, 0.2) is 5.82 Å². The Balaban J connectivity index is 3.35. The second-order valence-corrected chi connectivity index (χ2v) is 4.24. The van der Waals surface area contributed by atoms with Crippen LogP contribution in [-0.4, -0.2) is 40.6 Å². The third kappa shape index (κ3) is 3.88. The van der Waals surface area contributed by atoms with Crippen molar-refractivity contribution in [2.24, 2.45) is 9.98 Å². The van der Waals surface area contributed by atoms with E-state index in [0.29, 0.717) is 6.07 Å². The average molecular weight is 355 g/mol. The third-order valence-corrected chi connectivity index (χ3v) is 2.67. The molecule has 132 valence electrons. The van der Waals surface area contributed by atoms with Crippen molar-refractivity contribution in [1.29, 1.82) is 0 Å². The van der Waals surface area contributed by atoms with Gasteiger partial charge in [-0.1, -0.05) is 0 Å². The highest BCUT2D eigenvalue weighted by Crippen LogP contribution is 2.50. The normalized spacial score (nSPS) is 14.1. The Labute approximate surface area is 131 Å². The number of anilines is 1. The molecule has 0 aliphatic carbocycles. The fourth-order valence-corrected chi connectivity index (χ4v) is 1.50. The number of hydrogen-bond donors (Lipinski definition) is 2. The first-order valence-electron chi connectivity index (χ1n) is 6.08. The molecule has 24 heavy (non-hydrogen) atoms. The molecule has 1 aromatic rings. The smallest absolute Gasteiger partial charge is 0.369 e. The molecule has 0 aliphatic heterocycles. The van der Waals surface area contributed by atoms with E-state index in [1.165, 1.54) is 6.21 Å². The lowest BCUT2D eigenvalue weighted by atomic mass is 9.94. The molecule has 1 heterocycles. The van der Waals surface area contributed by atoms with E-state index < -0.39 is 29.3 Å². The quantitative estimate of drug-likeness (QED) is 0.629. The van der Waals surface area contributed by atoms with Crippen molar-refractivity contribution >= 4 is 18.7 Å². The zero-order valence-corrected chi connectivity index (χ0v) is 12.0. The molecule has 0 saturated carbocycles. The van der Waals surface area contributed by atoms with E-state index in [2.05, 4.69) is 32.2 Å². The number of aliphatic hydroxyl groups is 1. The summed E-state index contributed by atoms with van der Waals surface area (Å²) in [6.07, 6.45) is -9.43. The molecule has 0 bridgehead atoms. The monoisotopic (exact) mass is 355 g/mol. The Bertz CT molecular complexity index is 638. The highest BCUT2D eigenvalue weighted by Gasteiger charge is 2.71. The van der Waals surface area contributed by atoms with Crippen molar-refractivity contribution in [2.45, 2.75) is 24.9 Å². The van der Waals surface area contributed by atoms with E-state index >= 15 is 0 Å². The molecule has 2 N–H and O–H groups in total. The molecule has 1 aromatic heterocycles. The minimum atomic E-state index is -6.02. The fourth-order valence-electron chi connectivity index (χ4n) is 1.50. The van der Waals surface area contributed by atoms with E-state index in [1.807, 2.05) is 0 Å². The van der Waals surface area contributed by atoms with Gasteiger partial charge in [0.1, 0.15) is 5.82 Å². The van der Waals surface area contributed by atoms with E-state index in [-0.39, 0.29) is 12.0 Å². The average Bonchev–Trinajstić information content (AvgIpc) is 2.48. The van der Waals surface area contributed by atoms with Crippen LogP contribution in [0.1, 0.15) is 12.5 Å². The van der Waals surface area contributed by atoms with Crippen molar-refractivity contribution in [1.82, 2.24) is 10.2 Å². The number of rotatable bonds is 5. The molecule has 0 atom stereocenters.